The standard InChI is InChI=1S/C13H12N4O7/c1-2-3-15-12(19)9(14-13(15)20)5-7-4-8(16(21)22)6-10(11(7)18)17(23)24/h4-6,18H,2-3H2,1H3,(H,14,20)/b9-5+. The van der Waals surface area contributed by atoms with Crippen LogP contribution in [0.1, 0.15) is 18.9 Å². The Hall–Kier alpha value is -3.50. The monoisotopic (exact) mass is 336 g/mol. The smallest absolute Gasteiger partial charge is 0.329 e. The van der Waals surface area contributed by atoms with E-state index in [2.05, 4.69) is 5.32 Å². The quantitative estimate of drug-likeness (QED) is 0.357. The van der Waals surface area contributed by atoms with Gasteiger partial charge in [0.15, 0.2) is 0 Å². The zero-order valence-corrected chi connectivity index (χ0v) is 12.4. The largest absolute Gasteiger partial charge is 0.502 e. The Morgan fingerprint density at radius 3 is 2.46 bits per heavy atom. The van der Waals surface area contributed by atoms with Crippen LogP contribution in [0.2, 0.25) is 0 Å². The van der Waals surface area contributed by atoms with Crippen LogP contribution in [0.4, 0.5) is 16.2 Å². The summed E-state index contributed by atoms with van der Waals surface area (Å²) in [6, 6.07) is 0.806. The van der Waals surface area contributed by atoms with Crippen molar-refractivity contribution < 1.29 is 24.5 Å². The molecule has 0 unspecified atom stereocenters. The lowest BCUT2D eigenvalue weighted by Gasteiger charge is -2.08. The maximum atomic E-state index is 12.1. The summed E-state index contributed by atoms with van der Waals surface area (Å²) < 4.78 is 0. The Morgan fingerprint density at radius 1 is 1.25 bits per heavy atom. The fourth-order valence-electron chi connectivity index (χ4n) is 2.13. The third kappa shape index (κ3) is 2.99. The third-order valence-electron chi connectivity index (χ3n) is 3.22. The molecule has 1 aromatic carbocycles. The van der Waals surface area contributed by atoms with Crippen molar-refractivity contribution in [1.82, 2.24) is 10.2 Å². The van der Waals surface area contributed by atoms with Crippen LogP contribution in [0.25, 0.3) is 6.08 Å². The molecule has 2 rings (SSSR count). The Labute approximate surface area is 134 Å². The number of nitro benzene ring substituents is 2. The molecule has 1 fully saturated rings. The minimum Gasteiger partial charge on any atom is -0.502 e. The lowest BCUT2D eigenvalue weighted by Crippen LogP contribution is -2.31. The van der Waals surface area contributed by atoms with Gasteiger partial charge in [-0.15, -0.1) is 0 Å². The van der Waals surface area contributed by atoms with E-state index in [4.69, 9.17) is 0 Å². The normalized spacial score (nSPS) is 15.7. The molecule has 1 heterocycles. The van der Waals surface area contributed by atoms with E-state index in [1.165, 1.54) is 0 Å². The second kappa shape index (κ2) is 6.32. The highest BCUT2D eigenvalue weighted by Gasteiger charge is 2.33. The van der Waals surface area contributed by atoms with Crippen LogP contribution in [0.15, 0.2) is 17.8 Å². The summed E-state index contributed by atoms with van der Waals surface area (Å²) in [6.07, 6.45) is 1.49. The lowest BCUT2D eigenvalue weighted by atomic mass is 10.1. The SMILES string of the molecule is CCCN1C(=O)N/C(=C/c2cc([N+](=O)[O-])cc([N+](=O)[O-])c2O)C1=O. The number of hydrogen-bond acceptors (Lipinski definition) is 7. The molecule has 0 spiro atoms. The van der Waals surface area contributed by atoms with Crippen LogP contribution in [0.5, 0.6) is 5.75 Å². The van der Waals surface area contributed by atoms with Gasteiger partial charge >= 0.3 is 11.7 Å². The molecule has 0 atom stereocenters. The number of nitrogens with zero attached hydrogens (tertiary/aromatic N) is 3. The summed E-state index contributed by atoms with van der Waals surface area (Å²) in [5.41, 5.74) is -2.07. The number of carbonyl (C=O) groups is 2. The number of non-ortho nitro benzene ring substituents is 1. The molecule has 1 aliphatic heterocycles. The van der Waals surface area contributed by atoms with Gasteiger partial charge in [-0.3, -0.25) is 29.9 Å². The summed E-state index contributed by atoms with van der Waals surface area (Å²) in [4.78, 5) is 44.6. The number of nitro groups is 2. The molecule has 2 N–H and O–H groups in total. The fourth-order valence-corrected chi connectivity index (χ4v) is 2.13. The summed E-state index contributed by atoms with van der Waals surface area (Å²) in [7, 11) is 0. The second-order valence-electron chi connectivity index (χ2n) is 4.86. The number of aromatic hydroxyl groups is 1. The van der Waals surface area contributed by atoms with Gasteiger partial charge in [-0.1, -0.05) is 6.92 Å². The average Bonchev–Trinajstić information content (AvgIpc) is 2.76. The molecule has 0 aromatic heterocycles. The number of nitrogens with one attached hydrogen (secondary N) is 1. The highest BCUT2D eigenvalue weighted by atomic mass is 16.6. The lowest BCUT2D eigenvalue weighted by molar-refractivity contribution is -0.394. The van der Waals surface area contributed by atoms with E-state index in [0.29, 0.717) is 12.5 Å². The number of rotatable bonds is 5. The summed E-state index contributed by atoms with van der Waals surface area (Å²) in [5.74, 6) is -1.52. The molecular weight excluding hydrogens is 324 g/mol. The maximum absolute atomic E-state index is 12.1. The van der Waals surface area contributed by atoms with Crippen LogP contribution in [-0.4, -0.2) is 38.3 Å². The first kappa shape index (κ1) is 16.9. The molecule has 1 aromatic rings. The minimum absolute atomic E-state index is 0.170. The van der Waals surface area contributed by atoms with E-state index in [9.17, 15) is 34.9 Å². The van der Waals surface area contributed by atoms with Crippen molar-refractivity contribution in [1.29, 1.82) is 0 Å². The van der Waals surface area contributed by atoms with Gasteiger partial charge in [-0.25, -0.2) is 4.79 Å². The van der Waals surface area contributed by atoms with Crippen molar-refractivity contribution in [3.05, 3.63) is 43.6 Å². The van der Waals surface area contributed by atoms with Crippen molar-refractivity contribution in [3.63, 3.8) is 0 Å². The van der Waals surface area contributed by atoms with Crippen molar-refractivity contribution in [2.24, 2.45) is 0 Å². The van der Waals surface area contributed by atoms with Gasteiger partial charge in [0.1, 0.15) is 5.70 Å². The minimum atomic E-state index is -0.983. The molecule has 0 radical (unpaired) electrons. The van der Waals surface area contributed by atoms with Crippen LogP contribution >= 0.6 is 0 Å². The Balaban J connectivity index is 2.53. The number of phenols is 1. The van der Waals surface area contributed by atoms with Crippen LogP contribution < -0.4 is 5.32 Å². The molecular formula is C13H12N4O7. The van der Waals surface area contributed by atoms with E-state index in [1.54, 1.807) is 6.92 Å². The Morgan fingerprint density at radius 2 is 1.92 bits per heavy atom. The van der Waals surface area contributed by atoms with E-state index < -0.39 is 38.9 Å². The molecule has 11 nitrogen and oxygen atoms in total. The molecule has 126 valence electrons. The predicted molar refractivity (Wildman–Crippen MR) is 79.9 cm³/mol. The van der Waals surface area contributed by atoms with Crippen LogP contribution in [0, 0.1) is 20.2 Å². The van der Waals surface area contributed by atoms with E-state index in [1.807, 2.05) is 0 Å². The molecule has 0 bridgehead atoms. The van der Waals surface area contributed by atoms with Gasteiger partial charge in [0.2, 0.25) is 5.75 Å². The second-order valence-corrected chi connectivity index (χ2v) is 4.86. The molecule has 0 aliphatic carbocycles. The molecule has 24 heavy (non-hydrogen) atoms. The summed E-state index contributed by atoms with van der Waals surface area (Å²) >= 11 is 0. The highest BCUT2D eigenvalue weighted by Crippen LogP contribution is 2.35. The Bertz CT molecular complexity index is 787. The number of benzene rings is 1. The molecule has 0 saturated carbocycles. The first-order chi connectivity index (χ1) is 11.3. The Kier molecular flexibility index (Phi) is 4.44. The van der Waals surface area contributed by atoms with Gasteiger partial charge in [0, 0.05) is 18.2 Å². The van der Waals surface area contributed by atoms with Crippen LogP contribution in [-0.2, 0) is 4.79 Å². The zero-order chi connectivity index (χ0) is 18.0. The number of phenolic OH excluding ortho intramolecular Hbond substituents is 1. The first-order valence-electron chi connectivity index (χ1n) is 6.76. The zero-order valence-electron chi connectivity index (χ0n) is 12.4. The van der Waals surface area contributed by atoms with Crippen molar-refractivity contribution in [2.75, 3.05) is 6.54 Å². The number of hydrogen-bond donors (Lipinski definition) is 2. The molecule has 11 heteroatoms. The van der Waals surface area contributed by atoms with Crippen LogP contribution in [0.3, 0.4) is 0 Å². The van der Waals surface area contributed by atoms with Gasteiger partial charge in [0.05, 0.1) is 15.9 Å². The molecule has 3 amide bonds. The fraction of sp³-hybridized carbons (Fsp3) is 0.231. The van der Waals surface area contributed by atoms with Gasteiger partial charge in [0.25, 0.3) is 11.6 Å². The van der Waals surface area contributed by atoms with Crippen molar-refractivity contribution in [2.45, 2.75) is 13.3 Å². The third-order valence-corrected chi connectivity index (χ3v) is 3.22. The molecule has 1 saturated heterocycles. The number of imide groups is 1. The maximum Gasteiger partial charge on any atom is 0.329 e. The predicted octanol–water partition coefficient (Wildman–Crippen LogP) is 1.51. The number of amides is 3. The van der Waals surface area contributed by atoms with E-state index >= 15 is 0 Å². The topological polar surface area (TPSA) is 156 Å². The van der Waals surface area contributed by atoms with E-state index in [0.717, 1.165) is 17.0 Å². The molecule has 1 aliphatic rings. The van der Waals surface area contributed by atoms with Gasteiger partial charge < -0.3 is 10.4 Å². The number of carbonyl (C=O) groups excluding carboxylic acids is 2. The highest BCUT2D eigenvalue weighted by molar-refractivity contribution is 6.14. The first-order valence-corrected chi connectivity index (χ1v) is 6.76. The average molecular weight is 336 g/mol. The van der Waals surface area contributed by atoms with E-state index in [-0.39, 0.29) is 17.8 Å². The summed E-state index contributed by atoms with van der Waals surface area (Å²) in [6.45, 7) is 1.93. The van der Waals surface area contributed by atoms with Crippen molar-refractivity contribution >= 4 is 29.4 Å². The number of urea groups is 1. The van der Waals surface area contributed by atoms with Gasteiger partial charge in [-0.2, -0.15) is 0 Å². The summed E-state index contributed by atoms with van der Waals surface area (Å²) in [5, 5.41) is 33.9. The van der Waals surface area contributed by atoms with Gasteiger partial charge in [-0.05, 0) is 12.5 Å². The van der Waals surface area contributed by atoms with Crippen molar-refractivity contribution in [3.8, 4) is 5.75 Å².